The normalized spacial score (nSPS) is 13.9. The molecule has 8 nitrogen and oxygen atoms in total. The lowest BCUT2D eigenvalue weighted by molar-refractivity contribution is -0.143. The van der Waals surface area contributed by atoms with Gasteiger partial charge >= 0.3 is 12.1 Å². The van der Waals surface area contributed by atoms with Crippen LogP contribution in [-0.2, 0) is 19.1 Å². The summed E-state index contributed by atoms with van der Waals surface area (Å²) in [6.07, 6.45) is 0.794. The van der Waals surface area contributed by atoms with Crippen LogP contribution in [0.15, 0.2) is 61.2 Å². The number of nitrogens with one attached hydrogen (secondary N) is 2. The molecule has 2 atom stereocenters. The number of aliphatic carboxylic acids is 1. The Morgan fingerprint density at radius 1 is 1.03 bits per heavy atom. The molecule has 0 saturated heterocycles. The van der Waals surface area contributed by atoms with Gasteiger partial charge in [-0.25, -0.2) is 9.59 Å². The fourth-order valence-electron chi connectivity index (χ4n) is 3.79. The second kappa shape index (κ2) is 10.6. The van der Waals surface area contributed by atoms with Crippen LogP contribution in [0.1, 0.15) is 23.5 Å². The number of benzene rings is 2. The number of fused-ring (bicyclic) bond motifs is 3. The maximum Gasteiger partial charge on any atom is 0.407 e. The number of ether oxygens (including phenoxy) is 2. The second-order valence-corrected chi connectivity index (χ2v) is 7.40. The lowest BCUT2D eigenvalue weighted by atomic mass is 9.98. The van der Waals surface area contributed by atoms with E-state index in [0.29, 0.717) is 0 Å². The highest BCUT2D eigenvalue weighted by Crippen LogP contribution is 2.44. The zero-order valence-corrected chi connectivity index (χ0v) is 17.7. The van der Waals surface area contributed by atoms with Gasteiger partial charge in [0.05, 0.1) is 6.61 Å². The highest BCUT2D eigenvalue weighted by Gasteiger charge is 2.30. The first-order chi connectivity index (χ1) is 15.5. The molecule has 2 aromatic rings. The summed E-state index contributed by atoms with van der Waals surface area (Å²) in [6, 6.07) is 13.7. The van der Waals surface area contributed by atoms with E-state index in [9.17, 15) is 19.5 Å². The van der Waals surface area contributed by atoms with Gasteiger partial charge in [0.1, 0.15) is 12.6 Å². The van der Waals surface area contributed by atoms with E-state index in [1.54, 1.807) is 0 Å². The molecular formula is C24H26N2O6. The number of carboxylic acid groups (broad SMARTS) is 1. The molecule has 0 aliphatic heterocycles. The quantitative estimate of drug-likeness (QED) is 0.492. The number of hydrogen-bond acceptors (Lipinski definition) is 5. The molecule has 0 heterocycles. The number of carbonyl (C=O) groups excluding carboxylic acids is 2. The van der Waals surface area contributed by atoms with Crippen molar-refractivity contribution in [3.63, 3.8) is 0 Å². The van der Waals surface area contributed by atoms with Crippen molar-refractivity contribution in [3.8, 4) is 11.1 Å². The number of methoxy groups -OCH3 is 1. The Hall–Kier alpha value is -3.65. The lowest BCUT2D eigenvalue weighted by Gasteiger charge is -2.21. The van der Waals surface area contributed by atoms with Crippen LogP contribution in [0.5, 0.6) is 0 Å². The van der Waals surface area contributed by atoms with Gasteiger partial charge in [-0.15, -0.1) is 6.58 Å². The number of hydrogen-bond donors (Lipinski definition) is 3. The Bertz CT molecular complexity index is 960. The molecule has 3 N–H and O–H groups in total. The Morgan fingerprint density at radius 2 is 1.62 bits per heavy atom. The average molecular weight is 438 g/mol. The van der Waals surface area contributed by atoms with Gasteiger partial charge in [-0.1, -0.05) is 54.6 Å². The van der Waals surface area contributed by atoms with Gasteiger partial charge in [-0.2, -0.15) is 0 Å². The van der Waals surface area contributed by atoms with Crippen LogP contribution in [0.4, 0.5) is 4.79 Å². The van der Waals surface area contributed by atoms with E-state index in [1.807, 2.05) is 48.5 Å². The first kappa shape index (κ1) is 23.0. The van der Waals surface area contributed by atoms with Crippen molar-refractivity contribution in [1.82, 2.24) is 10.6 Å². The molecule has 168 valence electrons. The standard InChI is InChI=1S/C24H26N2O6/c1-3-8-20(22(27)25-21(14-31-2)23(28)29)26-24(30)32-13-19-17-11-6-4-9-15(17)16-10-5-7-12-18(16)19/h3-7,9-12,19-21H,1,8,13-14H2,2H3,(H,25,27)(H,26,30)(H,28,29). The minimum Gasteiger partial charge on any atom is -0.480 e. The van der Waals surface area contributed by atoms with E-state index in [4.69, 9.17) is 9.47 Å². The van der Waals surface area contributed by atoms with Gasteiger partial charge in [-0.3, -0.25) is 4.79 Å². The summed E-state index contributed by atoms with van der Waals surface area (Å²) >= 11 is 0. The third-order valence-corrected chi connectivity index (χ3v) is 5.30. The van der Waals surface area contributed by atoms with Gasteiger partial charge < -0.3 is 25.2 Å². The van der Waals surface area contributed by atoms with Gasteiger partial charge in [0.25, 0.3) is 0 Å². The highest BCUT2D eigenvalue weighted by atomic mass is 16.5. The summed E-state index contributed by atoms with van der Waals surface area (Å²) in [5.74, 6) is -2.01. The molecule has 32 heavy (non-hydrogen) atoms. The molecule has 0 fully saturated rings. The molecule has 2 aromatic carbocycles. The van der Waals surface area contributed by atoms with Gasteiger partial charge in [0, 0.05) is 13.0 Å². The molecule has 8 heteroatoms. The molecule has 0 spiro atoms. The molecule has 1 aliphatic carbocycles. The zero-order valence-electron chi connectivity index (χ0n) is 17.7. The summed E-state index contributed by atoms with van der Waals surface area (Å²) in [5.41, 5.74) is 4.37. The Labute approximate surface area is 186 Å². The third kappa shape index (κ3) is 5.15. The third-order valence-electron chi connectivity index (χ3n) is 5.30. The molecule has 3 rings (SSSR count). The van der Waals surface area contributed by atoms with E-state index in [-0.39, 0.29) is 25.6 Å². The number of carboxylic acids is 1. The summed E-state index contributed by atoms with van der Waals surface area (Å²) in [7, 11) is 1.33. The SMILES string of the molecule is C=CCC(NC(=O)OCC1c2ccccc2-c2ccccc21)C(=O)NC(COC)C(=O)O. The maximum absolute atomic E-state index is 12.5. The molecule has 2 unspecified atom stereocenters. The molecule has 0 radical (unpaired) electrons. The van der Waals surface area contributed by atoms with Crippen LogP contribution in [0, 0.1) is 0 Å². The molecule has 0 saturated carbocycles. The minimum absolute atomic E-state index is 0.101. The maximum atomic E-state index is 12.5. The van der Waals surface area contributed by atoms with Crippen molar-refractivity contribution in [2.24, 2.45) is 0 Å². The predicted molar refractivity (Wildman–Crippen MR) is 118 cm³/mol. The van der Waals surface area contributed by atoms with Crippen LogP contribution in [0.2, 0.25) is 0 Å². The van der Waals surface area contributed by atoms with Crippen molar-refractivity contribution in [1.29, 1.82) is 0 Å². The van der Waals surface area contributed by atoms with E-state index in [0.717, 1.165) is 22.3 Å². The van der Waals surface area contributed by atoms with Crippen LogP contribution in [-0.4, -0.2) is 55.5 Å². The van der Waals surface area contributed by atoms with Crippen LogP contribution < -0.4 is 10.6 Å². The van der Waals surface area contributed by atoms with E-state index >= 15 is 0 Å². The summed E-state index contributed by atoms with van der Waals surface area (Å²) < 4.78 is 10.3. The lowest BCUT2D eigenvalue weighted by Crippen LogP contribution is -2.52. The van der Waals surface area contributed by atoms with Crippen molar-refractivity contribution in [3.05, 3.63) is 72.3 Å². The van der Waals surface area contributed by atoms with Crippen molar-refractivity contribution >= 4 is 18.0 Å². The highest BCUT2D eigenvalue weighted by molar-refractivity contribution is 5.89. The summed E-state index contributed by atoms with van der Waals surface area (Å²) in [4.78, 5) is 36.2. The zero-order chi connectivity index (χ0) is 23.1. The fourth-order valence-corrected chi connectivity index (χ4v) is 3.79. The topological polar surface area (TPSA) is 114 Å². The Morgan fingerprint density at radius 3 is 2.16 bits per heavy atom. The number of alkyl carbamates (subject to hydrolysis) is 1. The van der Waals surface area contributed by atoms with Crippen LogP contribution in [0.3, 0.4) is 0 Å². The smallest absolute Gasteiger partial charge is 0.407 e. The monoisotopic (exact) mass is 438 g/mol. The van der Waals surface area contributed by atoms with Crippen molar-refractivity contribution < 1.29 is 29.0 Å². The number of amides is 2. The van der Waals surface area contributed by atoms with Crippen LogP contribution >= 0.6 is 0 Å². The first-order valence-electron chi connectivity index (χ1n) is 10.2. The second-order valence-electron chi connectivity index (χ2n) is 7.40. The largest absolute Gasteiger partial charge is 0.480 e. The van der Waals surface area contributed by atoms with Gasteiger partial charge in [-0.05, 0) is 28.7 Å². The van der Waals surface area contributed by atoms with Crippen molar-refractivity contribution in [2.45, 2.75) is 24.4 Å². The molecule has 0 aromatic heterocycles. The van der Waals surface area contributed by atoms with Gasteiger partial charge in [0.15, 0.2) is 6.04 Å². The van der Waals surface area contributed by atoms with Gasteiger partial charge in [0.2, 0.25) is 5.91 Å². The average Bonchev–Trinajstić information content (AvgIpc) is 3.10. The molecule has 1 aliphatic rings. The Balaban J connectivity index is 1.64. The number of rotatable bonds is 10. The first-order valence-corrected chi connectivity index (χ1v) is 10.2. The Kier molecular flexibility index (Phi) is 7.62. The predicted octanol–water partition coefficient (Wildman–Crippen LogP) is 2.69. The van der Waals surface area contributed by atoms with E-state index in [2.05, 4.69) is 17.2 Å². The van der Waals surface area contributed by atoms with E-state index < -0.39 is 30.1 Å². The van der Waals surface area contributed by atoms with Crippen LogP contribution in [0.25, 0.3) is 11.1 Å². The molecular weight excluding hydrogens is 412 g/mol. The molecule has 2 amide bonds. The summed E-state index contributed by atoms with van der Waals surface area (Å²) in [5, 5.41) is 14.0. The molecule has 0 bridgehead atoms. The minimum atomic E-state index is -1.24. The number of carbonyl (C=O) groups is 3. The summed E-state index contributed by atoms with van der Waals surface area (Å²) in [6.45, 7) is 3.49. The van der Waals surface area contributed by atoms with Crippen molar-refractivity contribution in [2.75, 3.05) is 20.3 Å². The fraction of sp³-hybridized carbons (Fsp3) is 0.292. The van der Waals surface area contributed by atoms with E-state index in [1.165, 1.54) is 13.2 Å².